The maximum absolute atomic E-state index is 14.2. The Hall–Kier alpha value is -2.96. The lowest BCUT2D eigenvalue weighted by atomic mass is 10.1. The lowest BCUT2D eigenvalue weighted by Crippen LogP contribution is -2.38. The lowest BCUT2D eigenvalue weighted by Gasteiger charge is -2.15. The first-order valence-electron chi connectivity index (χ1n) is 10.6. The van der Waals surface area contributed by atoms with Gasteiger partial charge in [0.15, 0.2) is 5.16 Å². The van der Waals surface area contributed by atoms with Gasteiger partial charge in [-0.15, -0.1) is 0 Å². The summed E-state index contributed by atoms with van der Waals surface area (Å²) in [5.74, 6) is -11.5. The van der Waals surface area contributed by atoms with Gasteiger partial charge in [0.2, 0.25) is 0 Å². The summed E-state index contributed by atoms with van der Waals surface area (Å²) in [5, 5.41) is 9.03. The van der Waals surface area contributed by atoms with Crippen molar-refractivity contribution in [2.75, 3.05) is 18.0 Å². The van der Waals surface area contributed by atoms with Gasteiger partial charge in [-0.2, -0.15) is 17.6 Å². The normalized spacial score (nSPS) is 19.0. The summed E-state index contributed by atoms with van der Waals surface area (Å²) in [5.41, 5.74) is 0.748. The van der Waals surface area contributed by atoms with Gasteiger partial charge in [0.05, 0.1) is 36.9 Å². The van der Waals surface area contributed by atoms with Crippen LogP contribution in [0.3, 0.4) is 0 Å². The maximum atomic E-state index is 14.2. The van der Waals surface area contributed by atoms with Crippen LogP contribution in [0, 0.1) is 11.6 Å². The first-order chi connectivity index (χ1) is 16.4. The fourth-order valence-corrected chi connectivity index (χ4v) is 4.88. The fourth-order valence-electron chi connectivity index (χ4n) is 4.09. The summed E-state index contributed by atoms with van der Waals surface area (Å²) in [6, 6.07) is 1.84. The number of halogens is 6. The second-order valence-electron chi connectivity index (χ2n) is 8.70. The van der Waals surface area contributed by atoms with Crippen molar-refractivity contribution in [3.8, 4) is 0 Å². The molecule has 0 radical (unpaired) electrons. The van der Waals surface area contributed by atoms with Gasteiger partial charge in [0.1, 0.15) is 17.2 Å². The van der Waals surface area contributed by atoms with Gasteiger partial charge in [-0.05, 0) is 30.0 Å². The monoisotopic (exact) mass is 516 g/mol. The summed E-state index contributed by atoms with van der Waals surface area (Å²) in [6.07, 6.45) is 4.11. The van der Waals surface area contributed by atoms with Gasteiger partial charge < -0.3 is 14.6 Å². The van der Waals surface area contributed by atoms with Gasteiger partial charge in [-0.25, -0.2) is 18.7 Å². The number of carbonyl (C=O) groups is 1. The average Bonchev–Trinajstić information content (AvgIpc) is 3.49. The minimum absolute atomic E-state index is 0.0333. The molecule has 186 valence electrons. The van der Waals surface area contributed by atoms with Crippen molar-refractivity contribution in [2.45, 2.75) is 48.1 Å². The molecular formula is C22H18F6N4O2S. The molecule has 1 N–H and O–H groups in total. The largest absolute Gasteiger partial charge is 0.481 e. The van der Waals surface area contributed by atoms with E-state index in [1.807, 2.05) is 0 Å². The van der Waals surface area contributed by atoms with Crippen LogP contribution in [0.25, 0.3) is 11.0 Å². The number of thioether (sulfide) groups is 1. The van der Waals surface area contributed by atoms with E-state index in [1.54, 1.807) is 10.8 Å². The molecule has 3 heterocycles. The molecule has 0 amide bonds. The van der Waals surface area contributed by atoms with Crippen LogP contribution >= 0.6 is 11.8 Å². The Morgan fingerprint density at radius 2 is 1.74 bits per heavy atom. The van der Waals surface area contributed by atoms with Crippen LogP contribution in [-0.2, 0) is 17.0 Å². The molecule has 13 heteroatoms. The Kier molecular flexibility index (Phi) is 5.65. The number of benzene rings is 1. The van der Waals surface area contributed by atoms with Gasteiger partial charge in [0.25, 0.3) is 0 Å². The van der Waals surface area contributed by atoms with Crippen molar-refractivity contribution in [1.29, 1.82) is 0 Å². The topological polar surface area (TPSA) is 71.2 Å². The van der Waals surface area contributed by atoms with Crippen molar-refractivity contribution < 1.29 is 36.2 Å². The Labute approximate surface area is 198 Å². The van der Waals surface area contributed by atoms with Crippen molar-refractivity contribution in [1.82, 2.24) is 14.5 Å². The Balaban J connectivity index is 1.45. The number of carboxylic acids is 1. The molecule has 1 aromatic carbocycles. The molecule has 2 aliphatic rings. The number of rotatable bonds is 7. The van der Waals surface area contributed by atoms with E-state index in [-0.39, 0.29) is 39.3 Å². The van der Waals surface area contributed by atoms with E-state index < -0.39 is 49.0 Å². The molecule has 3 aromatic rings. The second kappa shape index (κ2) is 8.32. The van der Waals surface area contributed by atoms with Gasteiger partial charge in [-0.1, -0.05) is 11.8 Å². The lowest BCUT2D eigenvalue weighted by molar-refractivity contribution is -0.172. The molecule has 0 bridgehead atoms. The molecule has 1 saturated carbocycles. The first kappa shape index (κ1) is 23.8. The molecule has 0 unspecified atom stereocenters. The highest BCUT2D eigenvalue weighted by Gasteiger charge is 2.63. The Bertz CT molecular complexity index is 1310. The minimum atomic E-state index is -4.18. The SMILES string of the molecule is O=C(O)Cc1cc(CSc2ncc3c(n2)c(N2CC(F)(F)C(F)(F)C2)cn3C2CC2)c(F)cc1F. The number of aliphatic carboxylic acids is 1. The highest BCUT2D eigenvalue weighted by atomic mass is 32.2. The number of nitrogens with zero attached hydrogens (tertiary/aromatic N) is 4. The highest BCUT2D eigenvalue weighted by molar-refractivity contribution is 7.98. The third-order valence-corrected chi connectivity index (χ3v) is 6.95. The summed E-state index contributed by atoms with van der Waals surface area (Å²) >= 11 is 0.964. The average molecular weight is 516 g/mol. The van der Waals surface area contributed by atoms with E-state index in [0.29, 0.717) is 11.6 Å². The van der Waals surface area contributed by atoms with E-state index in [2.05, 4.69) is 9.97 Å². The quantitative estimate of drug-likeness (QED) is 0.269. The van der Waals surface area contributed by atoms with E-state index in [9.17, 15) is 31.1 Å². The molecule has 1 aliphatic heterocycles. The van der Waals surface area contributed by atoms with Gasteiger partial charge >= 0.3 is 17.8 Å². The maximum Gasteiger partial charge on any atom is 0.329 e. The van der Waals surface area contributed by atoms with Crippen molar-refractivity contribution in [3.05, 3.63) is 47.3 Å². The number of carboxylic acid groups (broad SMARTS) is 1. The summed E-state index contributed by atoms with van der Waals surface area (Å²) in [7, 11) is 0. The third-order valence-electron chi connectivity index (χ3n) is 6.04. The van der Waals surface area contributed by atoms with Crippen LogP contribution in [-0.4, -0.2) is 50.5 Å². The molecule has 1 saturated heterocycles. The molecule has 0 atom stereocenters. The fraction of sp³-hybridized carbons (Fsp3) is 0.409. The standard InChI is InChI=1S/C22H18F6N4O2S/c23-14-5-15(24)12(3-11(14)4-18(33)34)8-35-20-29-6-16-19(30-20)17(7-32(16)13-1-2-13)31-9-21(25,26)22(27,28)10-31/h3,5-7,13H,1-2,4,8-10H2,(H,33,34). The second-order valence-corrected chi connectivity index (χ2v) is 9.64. The number of anilines is 1. The molecule has 5 rings (SSSR count). The predicted molar refractivity (Wildman–Crippen MR) is 115 cm³/mol. The number of hydrogen-bond acceptors (Lipinski definition) is 5. The van der Waals surface area contributed by atoms with E-state index in [4.69, 9.17) is 5.11 Å². The van der Waals surface area contributed by atoms with Crippen LogP contribution in [0.4, 0.5) is 32.0 Å². The minimum Gasteiger partial charge on any atom is -0.481 e. The van der Waals surface area contributed by atoms with Crippen molar-refractivity contribution >= 4 is 34.5 Å². The van der Waals surface area contributed by atoms with Gasteiger partial charge in [-0.3, -0.25) is 4.79 Å². The van der Waals surface area contributed by atoms with Crippen LogP contribution in [0.5, 0.6) is 0 Å². The number of alkyl halides is 4. The molecule has 2 fully saturated rings. The molecule has 0 spiro atoms. The zero-order valence-corrected chi connectivity index (χ0v) is 18.8. The number of fused-ring (bicyclic) bond motifs is 1. The van der Waals surface area contributed by atoms with E-state index >= 15 is 0 Å². The third kappa shape index (κ3) is 4.41. The number of aromatic nitrogens is 3. The molecule has 1 aliphatic carbocycles. The Morgan fingerprint density at radius 1 is 1.09 bits per heavy atom. The van der Waals surface area contributed by atoms with E-state index in [0.717, 1.165) is 35.6 Å². The van der Waals surface area contributed by atoms with E-state index in [1.165, 1.54) is 6.20 Å². The summed E-state index contributed by atoms with van der Waals surface area (Å²) in [4.78, 5) is 20.4. The van der Waals surface area contributed by atoms with Crippen LogP contribution in [0.1, 0.15) is 30.0 Å². The van der Waals surface area contributed by atoms with Crippen molar-refractivity contribution in [3.63, 3.8) is 0 Å². The number of hydrogen-bond donors (Lipinski definition) is 1. The van der Waals surface area contributed by atoms with Crippen molar-refractivity contribution in [2.24, 2.45) is 0 Å². The highest BCUT2D eigenvalue weighted by Crippen LogP contribution is 2.46. The van der Waals surface area contributed by atoms with Crippen LogP contribution in [0.2, 0.25) is 0 Å². The molecule has 6 nitrogen and oxygen atoms in total. The smallest absolute Gasteiger partial charge is 0.329 e. The van der Waals surface area contributed by atoms with Crippen LogP contribution < -0.4 is 4.90 Å². The first-order valence-corrected chi connectivity index (χ1v) is 11.6. The zero-order chi connectivity index (χ0) is 25.1. The molecular weight excluding hydrogens is 498 g/mol. The molecule has 35 heavy (non-hydrogen) atoms. The predicted octanol–water partition coefficient (Wildman–Crippen LogP) is 5.05. The summed E-state index contributed by atoms with van der Waals surface area (Å²) in [6.45, 7) is -2.30. The van der Waals surface area contributed by atoms with Gasteiger partial charge in [0, 0.05) is 24.1 Å². The zero-order valence-electron chi connectivity index (χ0n) is 17.9. The summed E-state index contributed by atoms with van der Waals surface area (Å²) < 4.78 is 85.4. The molecule has 2 aromatic heterocycles. The van der Waals surface area contributed by atoms with Crippen LogP contribution in [0.15, 0.2) is 29.7 Å². The Morgan fingerprint density at radius 3 is 2.37 bits per heavy atom.